The molecule has 0 bridgehead atoms. The van der Waals surface area contributed by atoms with Crippen molar-refractivity contribution in [3.63, 3.8) is 0 Å². The highest BCUT2D eigenvalue weighted by Gasteiger charge is 2.22. The SMILES string of the molecule is CCCNC1CCN(C(C)c2cccc(Br)c2)CC1. The van der Waals surface area contributed by atoms with Crippen LogP contribution < -0.4 is 5.32 Å². The van der Waals surface area contributed by atoms with Gasteiger partial charge in [0.05, 0.1) is 0 Å². The minimum absolute atomic E-state index is 0.518. The molecule has 2 rings (SSSR count). The van der Waals surface area contributed by atoms with E-state index in [4.69, 9.17) is 0 Å². The second-order valence-electron chi connectivity index (χ2n) is 5.50. The van der Waals surface area contributed by atoms with Crippen molar-refractivity contribution < 1.29 is 0 Å². The Morgan fingerprint density at radius 2 is 2.11 bits per heavy atom. The first-order valence-electron chi connectivity index (χ1n) is 7.43. The van der Waals surface area contributed by atoms with E-state index in [0.717, 1.165) is 12.6 Å². The molecule has 0 amide bonds. The van der Waals surface area contributed by atoms with Crippen LogP contribution in [-0.4, -0.2) is 30.6 Å². The van der Waals surface area contributed by atoms with Gasteiger partial charge in [0.25, 0.3) is 0 Å². The maximum absolute atomic E-state index is 3.65. The molecular weight excluding hydrogens is 300 g/mol. The first-order valence-corrected chi connectivity index (χ1v) is 8.23. The Morgan fingerprint density at radius 3 is 2.74 bits per heavy atom. The molecule has 0 aliphatic carbocycles. The smallest absolute Gasteiger partial charge is 0.0320 e. The minimum Gasteiger partial charge on any atom is -0.314 e. The van der Waals surface area contributed by atoms with Gasteiger partial charge in [0, 0.05) is 29.6 Å². The summed E-state index contributed by atoms with van der Waals surface area (Å²) in [7, 11) is 0. The monoisotopic (exact) mass is 324 g/mol. The predicted molar refractivity (Wildman–Crippen MR) is 85.4 cm³/mol. The van der Waals surface area contributed by atoms with Crippen LogP contribution in [-0.2, 0) is 0 Å². The molecule has 1 N–H and O–H groups in total. The van der Waals surface area contributed by atoms with Crippen LogP contribution in [0.5, 0.6) is 0 Å². The lowest BCUT2D eigenvalue weighted by molar-refractivity contribution is 0.152. The summed E-state index contributed by atoms with van der Waals surface area (Å²) >= 11 is 3.56. The van der Waals surface area contributed by atoms with Gasteiger partial charge in [0.15, 0.2) is 0 Å². The molecule has 1 aliphatic rings. The average molecular weight is 325 g/mol. The van der Waals surface area contributed by atoms with Crippen LogP contribution in [0.25, 0.3) is 0 Å². The molecule has 0 spiro atoms. The second-order valence-corrected chi connectivity index (χ2v) is 6.41. The molecule has 1 aliphatic heterocycles. The molecule has 106 valence electrons. The summed E-state index contributed by atoms with van der Waals surface area (Å²) in [5.74, 6) is 0. The second kappa shape index (κ2) is 7.41. The van der Waals surface area contributed by atoms with Crippen molar-refractivity contribution in [1.29, 1.82) is 0 Å². The van der Waals surface area contributed by atoms with Gasteiger partial charge in [0.1, 0.15) is 0 Å². The summed E-state index contributed by atoms with van der Waals surface area (Å²) in [6, 6.07) is 9.95. The van der Waals surface area contributed by atoms with Crippen LogP contribution >= 0.6 is 15.9 Å². The average Bonchev–Trinajstić information content (AvgIpc) is 2.45. The van der Waals surface area contributed by atoms with E-state index >= 15 is 0 Å². The number of nitrogens with zero attached hydrogens (tertiary/aromatic N) is 1. The van der Waals surface area contributed by atoms with Gasteiger partial charge in [-0.3, -0.25) is 4.90 Å². The lowest BCUT2D eigenvalue weighted by atomic mass is 10.00. The number of hydrogen-bond donors (Lipinski definition) is 1. The van der Waals surface area contributed by atoms with Gasteiger partial charge in [-0.2, -0.15) is 0 Å². The Morgan fingerprint density at radius 1 is 1.37 bits per heavy atom. The van der Waals surface area contributed by atoms with Gasteiger partial charge in [0.2, 0.25) is 0 Å². The first kappa shape index (κ1) is 15.0. The van der Waals surface area contributed by atoms with E-state index in [1.807, 2.05) is 0 Å². The zero-order valence-electron chi connectivity index (χ0n) is 12.0. The molecule has 1 heterocycles. The van der Waals surface area contributed by atoms with Crippen molar-refractivity contribution >= 4 is 15.9 Å². The maximum Gasteiger partial charge on any atom is 0.0320 e. The van der Waals surface area contributed by atoms with Crippen molar-refractivity contribution in [1.82, 2.24) is 10.2 Å². The fraction of sp³-hybridized carbons (Fsp3) is 0.625. The van der Waals surface area contributed by atoms with Crippen molar-refractivity contribution in [2.45, 2.75) is 45.2 Å². The summed E-state index contributed by atoms with van der Waals surface area (Å²) in [6.45, 7) is 8.12. The van der Waals surface area contributed by atoms with Crippen LogP contribution in [0.3, 0.4) is 0 Å². The predicted octanol–water partition coefficient (Wildman–Crippen LogP) is 3.97. The lowest BCUT2D eigenvalue weighted by Gasteiger charge is -2.36. The molecule has 0 radical (unpaired) electrons. The zero-order chi connectivity index (χ0) is 13.7. The molecule has 1 unspecified atom stereocenters. The summed E-state index contributed by atoms with van der Waals surface area (Å²) in [5, 5.41) is 3.65. The summed E-state index contributed by atoms with van der Waals surface area (Å²) < 4.78 is 1.18. The van der Waals surface area contributed by atoms with E-state index in [-0.39, 0.29) is 0 Å². The molecule has 1 fully saturated rings. The number of rotatable bonds is 5. The first-order chi connectivity index (χ1) is 9.20. The Kier molecular flexibility index (Phi) is 5.86. The van der Waals surface area contributed by atoms with E-state index in [1.165, 1.54) is 42.4 Å². The van der Waals surface area contributed by atoms with Crippen molar-refractivity contribution in [3.8, 4) is 0 Å². The number of hydrogen-bond acceptors (Lipinski definition) is 2. The van der Waals surface area contributed by atoms with Gasteiger partial charge < -0.3 is 5.32 Å². The molecule has 3 heteroatoms. The summed E-state index contributed by atoms with van der Waals surface area (Å²) in [5.41, 5.74) is 1.41. The highest BCUT2D eigenvalue weighted by atomic mass is 79.9. The van der Waals surface area contributed by atoms with Crippen molar-refractivity contribution in [2.75, 3.05) is 19.6 Å². The van der Waals surface area contributed by atoms with Crippen LogP contribution in [0, 0.1) is 0 Å². The van der Waals surface area contributed by atoms with Gasteiger partial charge >= 0.3 is 0 Å². The Hall–Kier alpha value is -0.380. The van der Waals surface area contributed by atoms with E-state index in [0.29, 0.717) is 6.04 Å². The Labute approximate surface area is 125 Å². The third-order valence-corrected chi connectivity index (χ3v) is 4.58. The van der Waals surface area contributed by atoms with E-state index in [1.54, 1.807) is 0 Å². The van der Waals surface area contributed by atoms with Gasteiger partial charge in [-0.25, -0.2) is 0 Å². The third-order valence-electron chi connectivity index (χ3n) is 4.09. The fourth-order valence-electron chi connectivity index (χ4n) is 2.82. The normalized spacial score (nSPS) is 19.5. The quantitative estimate of drug-likeness (QED) is 0.881. The number of nitrogens with one attached hydrogen (secondary N) is 1. The number of piperidine rings is 1. The van der Waals surface area contributed by atoms with E-state index in [9.17, 15) is 0 Å². The topological polar surface area (TPSA) is 15.3 Å². The van der Waals surface area contributed by atoms with E-state index < -0.39 is 0 Å². The molecule has 0 saturated carbocycles. The van der Waals surface area contributed by atoms with E-state index in [2.05, 4.69) is 64.3 Å². The standard InChI is InChI=1S/C16H25BrN2/c1-3-9-18-16-7-10-19(11-8-16)13(2)14-5-4-6-15(17)12-14/h4-6,12-13,16,18H,3,7-11H2,1-2H3. The summed E-state index contributed by atoms with van der Waals surface area (Å²) in [4.78, 5) is 2.60. The van der Waals surface area contributed by atoms with Crippen LogP contribution in [0.1, 0.15) is 44.7 Å². The number of halogens is 1. The third kappa shape index (κ3) is 4.30. The lowest BCUT2D eigenvalue weighted by Crippen LogP contribution is -2.43. The molecule has 1 saturated heterocycles. The molecule has 0 aromatic heterocycles. The van der Waals surface area contributed by atoms with Gasteiger partial charge in [-0.1, -0.05) is 35.0 Å². The molecule has 19 heavy (non-hydrogen) atoms. The maximum atomic E-state index is 3.65. The Balaban J connectivity index is 1.87. The number of benzene rings is 1. The van der Waals surface area contributed by atoms with Crippen LogP contribution in [0.15, 0.2) is 28.7 Å². The fourth-order valence-corrected chi connectivity index (χ4v) is 3.23. The highest BCUT2D eigenvalue weighted by Crippen LogP contribution is 2.26. The molecule has 1 aromatic carbocycles. The van der Waals surface area contributed by atoms with Crippen molar-refractivity contribution in [2.24, 2.45) is 0 Å². The van der Waals surface area contributed by atoms with Crippen molar-refractivity contribution in [3.05, 3.63) is 34.3 Å². The van der Waals surface area contributed by atoms with Crippen LogP contribution in [0.4, 0.5) is 0 Å². The highest BCUT2D eigenvalue weighted by molar-refractivity contribution is 9.10. The summed E-state index contributed by atoms with van der Waals surface area (Å²) in [6.07, 6.45) is 3.78. The molecule has 1 atom stereocenters. The largest absolute Gasteiger partial charge is 0.314 e. The van der Waals surface area contributed by atoms with Gasteiger partial charge in [-0.05, 0) is 50.4 Å². The zero-order valence-corrected chi connectivity index (χ0v) is 13.6. The molecule has 2 nitrogen and oxygen atoms in total. The van der Waals surface area contributed by atoms with Crippen LogP contribution in [0.2, 0.25) is 0 Å². The molecular formula is C16H25BrN2. The Bertz CT molecular complexity index is 386. The number of likely N-dealkylation sites (tertiary alicyclic amines) is 1. The molecule has 1 aromatic rings. The minimum atomic E-state index is 0.518. The van der Waals surface area contributed by atoms with Gasteiger partial charge in [-0.15, -0.1) is 0 Å².